The van der Waals surface area contributed by atoms with Gasteiger partial charge in [0.25, 0.3) is 0 Å². The third-order valence-electron chi connectivity index (χ3n) is 6.49. The van der Waals surface area contributed by atoms with E-state index >= 15 is 0 Å². The molecule has 7 nitrogen and oxygen atoms in total. The normalized spacial score (nSPS) is 20.4. The molecular weight excluding hydrogens is 396 g/mol. The van der Waals surface area contributed by atoms with Gasteiger partial charge in [-0.3, -0.25) is 4.68 Å². The van der Waals surface area contributed by atoms with Crippen molar-refractivity contribution >= 4 is 14.4 Å². The van der Waals surface area contributed by atoms with Crippen molar-refractivity contribution in [2.24, 2.45) is 0 Å². The molecule has 0 saturated carbocycles. The summed E-state index contributed by atoms with van der Waals surface area (Å²) in [6, 6.07) is 10.3. The van der Waals surface area contributed by atoms with E-state index in [1.165, 1.54) is 10.5 Å². The fourth-order valence-electron chi connectivity index (χ4n) is 3.58. The first-order valence-electron chi connectivity index (χ1n) is 10.7. The summed E-state index contributed by atoms with van der Waals surface area (Å²) >= 11 is 0. The smallest absolute Gasteiger partial charge is 0.407 e. The second-order valence-electron chi connectivity index (χ2n) is 9.68. The van der Waals surface area contributed by atoms with Crippen LogP contribution in [0.3, 0.4) is 0 Å². The number of nitrogens with zero attached hydrogens (tertiary/aromatic N) is 4. The molecule has 1 amide bonds. The number of aryl methyl sites for hydroxylation is 2. The van der Waals surface area contributed by atoms with Crippen molar-refractivity contribution in [3.05, 3.63) is 47.8 Å². The molecule has 1 N–H and O–H groups in total. The Labute approximate surface area is 180 Å². The standard InChI is InChI=1S/C22H34N4O3Si/c1-22(2,3)30(4,5)29-20-16-25(21(27)28)13-12-18(20)19-15-26(24-23-19)14-11-17-9-7-6-8-10-17/h6-10,15,18,20H,11-14,16H2,1-5H3,(H,27,28)/t18-,20+/m1/s1. The average Bonchev–Trinajstić information content (AvgIpc) is 3.14. The lowest BCUT2D eigenvalue weighted by atomic mass is 9.91. The predicted molar refractivity (Wildman–Crippen MR) is 119 cm³/mol. The molecule has 2 aromatic rings. The zero-order valence-corrected chi connectivity index (χ0v) is 19.7. The maximum Gasteiger partial charge on any atom is 0.407 e. The van der Waals surface area contributed by atoms with Crippen molar-refractivity contribution < 1.29 is 14.3 Å². The molecule has 164 valence electrons. The lowest BCUT2D eigenvalue weighted by molar-refractivity contribution is 0.0557. The van der Waals surface area contributed by atoms with E-state index in [9.17, 15) is 9.90 Å². The van der Waals surface area contributed by atoms with E-state index in [1.54, 1.807) is 0 Å². The first kappa shape index (κ1) is 22.5. The minimum Gasteiger partial charge on any atom is -0.465 e. The van der Waals surface area contributed by atoms with Gasteiger partial charge in [-0.2, -0.15) is 0 Å². The first-order chi connectivity index (χ1) is 14.1. The number of aromatic nitrogens is 3. The zero-order valence-electron chi connectivity index (χ0n) is 18.7. The molecular formula is C22H34N4O3Si. The number of likely N-dealkylation sites (tertiary alicyclic amines) is 1. The van der Waals surface area contributed by atoms with Crippen molar-refractivity contribution in [3.8, 4) is 0 Å². The van der Waals surface area contributed by atoms with Crippen LogP contribution in [-0.2, 0) is 17.4 Å². The molecule has 1 fully saturated rings. The molecule has 1 saturated heterocycles. The molecule has 30 heavy (non-hydrogen) atoms. The Morgan fingerprint density at radius 1 is 1.27 bits per heavy atom. The molecule has 8 heteroatoms. The van der Waals surface area contributed by atoms with E-state index in [0.717, 1.165) is 18.7 Å². The van der Waals surface area contributed by atoms with Gasteiger partial charge in [0.1, 0.15) is 0 Å². The largest absolute Gasteiger partial charge is 0.465 e. The summed E-state index contributed by atoms with van der Waals surface area (Å²) in [5, 5.41) is 18.3. The van der Waals surface area contributed by atoms with Crippen molar-refractivity contribution in [1.82, 2.24) is 19.9 Å². The Morgan fingerprint density at radius 3 is 2.60 bits per heavy atom. The second kappa shape index (κ2) is 8.89. The Bertz CT molecular complexity index is 848. The molecule has 2 heterocycles. The van der Waals surface area contributed by atoms with Crippen LogP contribution in [-0.4, -0.2) is 58.6 Å². The van der Waals surface area contributed by atoms with Gasteiger partial charge in [-0.1, -0.05) is 56.3 Å². The third-order valence-corrected chi connectivity index (χ3v) is 11.0. The summed E-state index contributed by atoms with van der Waals surface area (Å²) in [6.07, 6.45) is 2.51. The van der Waals surface area contributed by atoms with E-state index in [0.29, 0.717) is 19.5 Å². The Morgan fingerprint density at radius 2 is 1.97 bits per heavy atom. The summed E-state index contributed by atoms with van der Waals surface area (Å²) in [5.74, 6) is 0.0557. The predicted octanol–water partition coefficient (Wildman–Crippen LogP) is 4.38. The summed E-state index contributed by atoms with van der Waals surface area (Å²) < 4.78 is 8.57. The average molecular weight is 431 g/mol. The van der Waals surface area contributed by atoms with Gasteiger partial charge in [0.15, 0.2) is 8.32 Å². The van der Waals surface area contributed by atoms with E-state index in [4.69, 9.17) is 4.43 Å². The minimum atomic E-state index is -2.06. The summed E-state index contributed by atoms with van der Waals surface area (Å²) in [6.45, 7) is 12.7. The van der Waals surface area contributed by atoms with E-state index in [2.05, 4.69) is 56.3 Å². The topological polar surface area (TPSA) is 80.5 Å². The van der Waals surface area contributed by atoms with Crippen LogP contribution in [0.4, 0.5) is 4.79 Å². The number of amides is 1. The van der Waals surface area contributed by atoms with Crippen molar-refractivity contribution in [2.45, 2.75) is 70.3 Å². The van der Waals surface area contributed by atoms with Gasteiger partial charge in [-0.15, -0.1) is 5.10 Å². The molecule has 0 radical (unpaired) electrons. The molecule has 3 rings (SSSR count). The highest BCUT2D eigenvalue weighted by Crippen LogP contribution is 2.40. The summed E-state index contributed by atoms with van der Waals surface area (Å²) in [4.78, 5) is 13.0. The van der Waals surface area contributed by atoms with Gasteiger partial charge < -0.3 is 14.4 Å². The molecule has 0 spiro atoms. The van der Waals surface area contributed by atoms with Crippen molar-refractivity contribution in [3.63, 3.8) is 0 Å². The van der Waals surface area contributed by atoms with Crippen LogP contribution in [0, 0.1) is 0 Å². The highest BCUT2D eigenvalue weighted by Gasteiger charge is 2.43. The third kappa shape index (κ3) is 5.29. The number of hydrogen-bond donors (Lipinski definition) is 1. The number of rotatable bonds is 6. The van der Waals surface area contributed by atoms with Gasteiger partial charge in [0.2, 0.25) is 0 Å². The zero-order chi connectivity index (χ0) is 21.9. The SMILES string of the molecule is CC(C)(C)[Si](C)(C)O[C@H]1CN(C(=O)O)CC[C@@H]1c1cn(CCc2ccccc2)nn1. The van der Waals surface area contributed by atoms with E-state index < -0.39 is 14.4 Å². The second-order valence-corrected chi connectivity index (χ2v) is 14.4. The first-order valence-corrected chi connectivity index (χ1v) is 13.6. The Hall–Kier alpha value is -2.19. The fraction of sp³-hybridized carbons (Fsp3) is 0.591. The van der Waals surface area contributed by atoms with Crippen molar-refractivity contribution in [1.29, 1.82) is 0 Å². The highest BCUT2D eigenvalue weighted by molar-refractivity contribution is 6.74. The van der Waals surface area contributed by atoms with Crippen LogP contribution >= 0.6 is 0 Å². The van der Waals surface area contributed by atoms with E-state index in [1.807, 2.05) is 29.1 Å². The van der Waals surface area contributed by atoms with Gasteiger partial charge in [0.05, 0.1) is 11.8 Å². The number of piperidine rings is 1. The van der Waals surface area contributed by atoms with Gasteiger partial charge >= 0.3 is 6.09 Å². The Balaban J connectivity index is 1.75. The maximum atomic E-state index is 11.6. The molecule has 1 aromatic carbocycles. The van der Waals surface area contributed by atoms with Crippen LogP contribution < -0.4 is 0 Å². The molecule has 1 aromatic heterocycles. The highest BCUT2D eigenvalue weighted by atomic mass is 28.4. The lowest BCUT2D eigenvalue weighted by Gasteiger charge is -2.44. The molecule has 0 unspecified atom stereocenters. The monoisotopic (exact) mass is 430 g/mol. The van der Waals surface area contributed by atoms with Crippen molar-refractivity contribution in [2.75, 3.05) is 13.1 Å². The molecule has 0 aliphatic carbocycles. The number of carbonyl (C=O) groups is 1. The Kier molecular flexibility index (Phi) is 6.67. The molecule has 1 aliphatic heterocycles. The van der Waals surface area contributed by atoms with Gasteiger partial charge in [-0.25, -0.2) is 4.79 Å². The number of carboxylic acid groups (broad SMARTS) is 1. The van der Waals surface area contributed by atoms with Gasteiger partial charge in [0, 0.05) is 31.7 Å². The van der Waals surface area contributed by atoms with Crippen LogP contribution in [0.15, 0.2) is 36.5 Å². The minimum absolute atomic E-state index is 0.0519. The van der Waals surface area contributed by atoms with E-state index in [-0.39, 0.29) is 17.1 Å². The number of hydrogen-bond acceptors (Lipinski definition) is 4. The molecule has 1 aliphatic rings. The van der Waals surface area contributed by atoms with Crippen LogP contribution in [0.2, 0.25) is 18.1 Å². The van der Waals surface area contributed by atoms with Crippen LogP contribution in [0.5, 0.6) is 0 Å². The fourth-order valence-corrected chi connectivity index (χ4v) is 4.93. The van der Waals surface area contributed by atoms with Gasteiger partial charge in [-0.05, 0) is 36.5 Å². The molecule has 0 bridgehead atoms. The van der Waals surface area contributed by atoms with Crippen LogP contribution in [0.25, 0.3) is 0 Å². The maximum absolute atomic E-state index is 11.6. The number of benzene rings is 1. The quantitative estimate of drug-likeness (QED) is 0.688. The van der Waals surface area contributed by atoms with Crippen LogP contribution in [0.1, 0.15) is 44.4 Å². The molecule has 2 atom stereocenters. The lowest BCUT2D eigenvalue weighted by Crippen LogP contribution is -2.52. The summed E-state index contributed by atoms with van der Waals surface area (Å²) in [5.41, 5.74) is 2.17. The summed E-state index contributed by atoms with van der Waals surface area (Å²) in [7, 11) is -2.06.